The van der Waals surface area contributed by atoms with Crippen LogP contribution in [0.3, 0.4) is 0 Å². The van der Waals surface area contributed by atoms with Crippen LogP contribution in [-0.2, 0) is 6.42 Å². The minimum Gasteiger partial charge on any atom is -0.504 e. The fraction of sp³-hybridized carbons (Fsp3) is 0.211. The minimum absolute atomic E-state index is 0.127. The van der Waals surface area contributed by atoms with E-state index in [0.717, 1.165) is 21.9 Å². The number of fused-ring (bicyclic) bond motifs is 1. The van der Waals surface area contributed by atoms with Crippen LogP contribution in [0.4, 0.5) is 0 Å². The second-order valence-electron chi connectivity index (χ2n) is 5.41. The Kier molecular flexibility index (Phi) is 4.42. The molecule has 3 aromatic rings. The number of hydrogen-bond donors (Lipinski definition) is 1. The lowest BCUT2D eigenvalue weighted by Gasteiger charge is -2.12. The molecular formula is C19H19NO4. The molecule has 2 aromatic carbocycles. The number of benzene rings is 2. The van der Waals surface area contributed by atoms with Crippen molar-refractivity contribution >= 4 is 10.8 Å². The summed E-state index contributed by atoms with van der Waals surface area (Å²) in [6, 6.07) is 9.26. The van der Waals surface area contributed by atoms with Gasteiger partial charge in [0, 0.05) is 17.8 Å². The van der Waals surface area contributed by atoms with Crippen LogP contribution < -0.4 is 14.2 Å². The van der Waals surface area contributed by atoms with E-state index in [1.807, 2.05) is 24.4 Å². The van der Waals surface area contributed by atoms with Gasteiger partial charge in [0.2, 0.25) is 0 Å². The summed E-state index contributed by atoms with van der Waals surface area (Å²) in [6.07, 6.45) is 4.26. The second kappa shape index (κ2) is 6.66. The second-order valence-corrected chi connectivity index (χ2v) is 5.41. The van der Waals surface area contributed by atoms with Crippen molar-refractivity contribution in [3.05, 3.63) is 53.9 Å². The average molecular weight is 325 g/mol. The molecule has 0 saturated carbocycles. The van der Waals surface area contributed by atoms with Gasteiger partial charge in [-0.15, -0.1) is 0 Å². The van der Waals surface area contributed by atoms with Crippen LogP contribution in [0.2, 0.25) is 0 Å². The van der Waals surface area contributed by atoms with Gasteiger partial charge in [-0.1, -0.05) is 6.07 Å². The highest BCUT2D eigenvalue weighted by Gasteiger charge is 2.11. The number of hydrogen-bond acceptors (Lipinski definition) is 5. The van der Waals surface area contributed by atoms with E-state index in [4.69, 9.17) is 14.2 Å². The van der Waals surface area contributed by atoms with Gasteiger partial charge >= 0.3 is 0 Å². The monoisotopic (exact) mass is 325 g/mol. The summed E-state index contributed by atoms with van der Waals surface area (Å²) in [4.78, 5) is 4.31. The van der Waals surface area contributed by atoms with Crippen molar-refractivity contribution in [2.24, 2.45) is 0 Å². The molecule has 24 heavy (non-hydrogen) atoms. The maximum atomic E-state index is 9.96. The lowest BCUT2D eigenvalue weighted by molar-refractivity contribution is 0.356. The zero-order chi connectivity index (χ0) is 17.1. The van der Waals surface area contributed by atoms with Gasteiger partial charge < -0.3 is 19.3 Å². The molecule has 0 bridgehead atoms. The van der Waals surface area contributed by atoms with Gasteiger partial charge in [0.05, 0.1) is 21.3 Å². The Labute approximate surface area is 140 Å². The van der Waals surface area contributed by atoms with Crippen molar-refractivity contribution in [2.75, 3.05) is 21.3 Å². The van der Waals surface area contributed by atoms with E-state index < -0.39 is 0 Å². The van der Waals surface area contributed by atoms with Crippen molar-refractivity contribution < 1.29 is 19.3 Å². The highest BCUT2D eigenvalue weighted by Crippen LogP contribution is 2.34. The molecule has 0 amide bonds. The molecule has 0 aliphatic heterocycles. The van der Waals surface area contributed by atoms with Gasteiger partial charge in [0.15, 0.2) is 23.0 Å². The maximum absolute atomic E-state index is 9.96. The molecule has 5 heteroatoms. The normalized spacial score (nSPS) is 10.6. The van der Waals surface area contributed by atoms with E-state index in [1.165, 1.54) is 7.11 Å². The number of rotatable bonds is 5. The molecule has 0 spiro atoms. The third-order valence-corrected chi connectivity index (χ3v) is 3.98. The van der Waals surface area contributed by atoms with E-state index in [9.17, 15) is 5.11 Å². The van der Waals surface area contributed by atoms with Crippen LogP contribution in [0.5, 0.6) is 23.0 Å². The van der Waals surface area contributed by atoms with Gasteiger partial charge in [0.1, 0.15) is 0 Å². The fourth-order valence-electron chi connectivity index (χ4n) is 2.76. The standard InChI is InChI=1S/C19H19NO4/c1-22-17-5-4-12(7-16(17)21)6-13-10-20-11-14-8-18(23-2)19(24-3)9-15(13)14/h4-5,7-11,21H,6H2,1-3H3. The number of pyridine rings is 1. The number of aromatic hydroxyl groups is 1. The topological polar surface area (TPSA) is 60.8 Å². The number of ether oxygens (including phenoxy) is 3. The smallest absolute Gasteiger partial charge is 0.161 e. The van der Waals surface area contributed by atoms with Gasteiger partial charge in [-0.2, -0.15) is 0 Å². The molecule has 1 aromatic heterocycles. The first-order valence-corrected chi connectivity index (χ1v) is 7.50. The van der Waals surface area contributed by atoms with Crippen LogP contribution in [0.1, 0.15) is 11.1 Å². The molecule has 3 rings (SSSR count). The Bertz CT molecular complexity index is 877. The van der Waals surface area contributed by atoms with Gasteiger partial charge in [0.25, 0.3) is 0 Å². The lowest BCUT2D eigenvalue weighted by Crippen LogP contribution is -1.95. The summed E-state index contributed by atoms with van der Waals surface area (Å²) in [5, 5.41) is 12.0. The third-order valence-electron chi connectivity index (χ3n) is 3.98. The molecule has 0 fully saturated rings. The number of phenolic OH excluding ortho intramolecular Hbond substituents is 1. The number of nitrogens with zero attached hydrogens (tertiary/aromatic N) is 1. The summed E-state index contributed by atoms with van der Waals surface area (Å²) in [6.45, 7) is 0. The summed E-state index contributed by atoms with van der Waals surface area (Å²) in [7, 11) is 4.76. The van der Waals surface area contributed by atoms with Crippen LogP contribution in [0.15, 0.2) is 42.7 Å². The van der Waals surface area contributed by atoms with E-state index in [1.54, 1.807) is 32.5 Å². The predicted molar refractivity (Wildman–Crippen MR) is 92.3 cm³/mol. The number of methoxy groups -OCH3 is 3. The van der Waals surface area contributed by atoms with E-state index in [0.29, 0.717) is 23.7 Å². The molecule has 0 aliphatic carbocycles. The maximum Gasteiger partial charge on any atom is 0.161 e. The number of aromatic nitrogens is 1. The first-order valence-electron chi connectivity index (χ1n) is 7.50. The Balaban J connectivity index is 2.04. The Hall–Kier alpha value is -2.95. The quantitative estimate of drug-likeness (QED) is 0.777. The summed E-state index contributed by atoms with van der Waals surface area (Å²) >= 11 is 0. The van der Waals surface area contributed by atoms with Gasteiger partial charge in [-0.3, -0.25) is 4.98 Å². The zero-order valence-corrected chi connectivity index (χ0v) is 13.9. The van der Waals surface area contributed by atoms with Crippen molar-refractivity contribution in [2.45, 2.75) is 6.42 Å². The molecule has 5 nitrogen and oxygen atoms in total. The molecule has 0 saturated heterocycles. The van der Waals surface area contributed by atoms with Crippen molar-refractivity contribution in [3.63, 3.8) is 0 Å². The SMILES string of the molecule is COc1ccc(Cc2cncc3cc(OC)c(OC)cc23)cc1O. The van der Waals surface area contributed by atoms with E-state index >= 15 is 0 Å². The lowest BCUT2D eigenvalue weighted by atomic mass is 10.00. The molecular weight excluding hydrogens is 306 g/mol. The van der Waals surface area contributed by atoms with E-state index in [2.05, 4.69) is 4.98 Å². The van der Waals surface area contributed by atoms with Crippen molar-refractivity contribution in [1.82, 2.24) is 4.98 Å². The van der Waals surface area contributed by atoms with Crippen molar-refractivity contribution in [3.8, 4) is 23.0 Å². The Morgan fingerprint density at radius 1 is 0.875 bits per heavy atom. The van der Waals surface area contributed by atoms with Crippen LogP contribution in [0.25, 0.3) is 10.8 Å². The molecule has 0 atom stereocenters. The van der Waals surface area contributed by atoms with Crippen LogP contribution in [-0.4, -0.2) is 31.4 Å². The summed E-state index contributed by atoms with van der Waals surface area (Å²) < 4.78 is 15.8. The molecule has 0 radical (unpaired) electrons. The molecule has 0 unspecified atom stereocenters. The first-order chi connectivity index (χ1) is 11.7. The third kappa shape index (κ3) is 2.93. The summed E-state index contributed by atoms with van der Waals surface area (Å²) in [5.74, 6) is 1.93. The van der Waals surface area contributed by atoms with E-state index in [-0.39, 0.29) is 5.75 Å². The summed E-state index contributed by atoms with van der Waals surface area (Å²) in [5.41, 5.74) is 2.01. The Morgan fingerprint density at radius 3 is 2.25 bits per heavy atom. The fourth-order valence-corrected chi connectivity index (χ4v) is 2.76. The molecule has 1 heterocycles. The highest BCUT2D eigenvalue weighted by atomic mass is 16.5. The van der Waals surface area contributed by atoms with Crippen LogP contribution in [0, 0.1) is 0 Å². The molecule has 1 N–H and O–H groups in total. The minimum atomic E-state index is 0.127. The van der Waals surface area contributed by atoms with Crippen LogP contribution >= 0.6 is 0 Å². The van der Waals surface area contributed by atoms with Crippen molar-refractivity contribution in [1.29, 1.82) is 0 Å². The largest absolute Gasteiger partial charge is 0.504 e. The first kappa shape index (κ1) is 15.9. The zero-order valence-electron chi connectivity index (χ0n) is 13.9. The molecule has 0 aliphatic rings. The average Bonchev–Trinajstić information content (AvgIpc) is 2.61. The van der Waals surface area contributed by atoms with Gasteiger partial charge in [-0.05, 0) is 47.2 Å². The Morgan fingerprint density at radius 2 is 1.58 bits per heavy atom. The number of phenols is 1. The highest BCUT2D eigenvalue weighted by molar-refractivity contribution is 5.88. The van der Waals surface area contributed by atoms with Gasteiger partial charge in [-0.25, -0.2) is 0 Å². The molecule has 124 valence electrons. The predicted octanol–water partition coefficient (Wildman–Crippen LogP) is 3.56.